The number of carbonyl (C=O) groups excluding carboxylic acids is 3. The number of nitrogens with zero attached hydrogens (tertiary/aromatic N) is 4. The molecule has 0 unspecified atom stereocenters. The molecule has 0 radical (unpaired) electrons. The van der Waals surface area contributed by atoms with E-state index in [0.29, 0.717) is 24.3 Å². The van der Waals surface area contributed by atoms with E-state index in [0.717, 1.165) is 10.8 Å². The van der Waals surface area contributed by atoms with Gasteiger partial charge in [0.1, 0.15) is 6.04 Å². The van der Waals surface area contributed by atoms with Gasteiger partial charge in [0.25, 0.3) is 11.6 Å². The maximum atomic E-state index is 13.5. The van der Waals surface area contributed by atoms with Gasteiger partial charge in [-0.25, -0.2) is 14.5 Å². The number of benzene rings is 3. The standard InChI is InChI=1S/C24H19N5O5/c30-22-21-20-12-17(13-26(20)23(31)25-15-7-4-8-16(11-15)29(33)34)27(21)24(32)28(22)19-10-3-6-14-5-1-2-9-18(14)19/h1-11,17,20-21H,12-13H2,(H,25,31)/t17-,20-,21-/m0/s1. The molecule has 5 amide bonds. The van der Waals surface area contributed by atoms with Crippen molar-refractivity contribution in [3.05, 3.63) is 76.8 Å². The number of hydrogen-bond donors (Lipinski definition) is 1. The number of piperazine rings is 1. The van der Waals surface area contributed by atoms with E-state index in [-0.39, 0.29) is 23.7 Å². The molecule has 3 aliphatic rings. The Hall–Kier alpha value is -4.47. The SMILES string of the molecule is O=C1[C@@H]2[C@@H]3C[C@@H](CN3C(=O)Nc3cccc([N+](=O)[O-])c3)N2C(=O)N1c1cccc2ccccc12. The maximum absolute atomic E-state index is 13.5. The van der Waals surface area contributed by atoms with Gasteiger partial charge in [0, 0.05) is 29.8 Å². The molecule has 6 rings (SSSR count). The van der Waals surface area contributed by atoms with Crippen LogP contribution in [0, 0.1) is 10.1 Å². The minimum Gasteiger partial charge on any atom is -0.317 e. The first kappa shape index (κ1) is 20.2. The monoisotopic (exact) mass is 457 g/mol. The predicted octanol–water partition coefficient (Wildman–Crippen LogP) is 3.57. The summed E-state index contributed by atoms with van der Waals surface area (Å²) in [5.41, 5.74) is 0.703. The lowest BCUT2D eigenvalue weighted by atomic mass is 10.1. The van der Waals surface area contributed by atoms with Gasteiger partial charge in [-0.15, -0.1) is 0 Å². The Labute approximate surface area is 193 Å². The summed E-state index contributed by atoms with van der Waals surface area (Å²) in [6, 6.07) is 16.5. The summed E-state index contributed by atoms with van der Waals surface area (Å²) in [5, 5.41) is 15.4. The summed E-state index contributed by atoms with van der Waals surface area (Å²) in [6.07, 6.45) is 0.522. The first-order valence-electron chi connectivity index (χ1n) is 10.9. The lowest BCUT2D eigenvalue weighted by Gasteiger charge is -2.34. The van der Waals surface area contributed by atoms with Crippen molar-refractivity contribution in [2.24, 2.45) is 0 Å². The van der Waals surface area contributed by atoms with Crippen LogP contribution < -0.4 is 10.2 Å². The molecule has 34 heavy (non-hydrogen) atoms. The number of carbonyl (C=O) groups is 3. The number of rotatable bonds is 3. The number of nitro benzene ring substituents is 1. The zero-order valence-electron chi connectivity index (χ0n) is 17.8. The van der Waals surface area contributed by atoms with Crippen LogP contribution in [0.1, 0.15) is 6.42 Å². The summed E-state index contributed by atoms with van der Waals surface area (Å²) in [4.78, 5) is 54.7. The van der Waals surface area contributed by atoms with Crippen LogP contribution in [-0.2, 0) is 4.79 Å². The van der Waals surface area contributed by atoms with Crippen molar-refractivity contribution >= 4 is 45.8 Å². The lowest BCUT2D eigenvalue weighted by Crippen LogP contribution is -2.55. The number of amides is 5. The summed E-state index contributed by atoms with van der Waals surface area (Å²) < 4.78 is 0. The average molecular weight is 457 g/mol. The highest BCUT2D eigenvalue weighted by Gasteiger charge is 2.63. The van der Waals surface area contributed by atoms with Crippen LogP contribution in [0.25, 0.3) is 10.8 Å². The van der Waals surface area contributed by atoms with Crippen molar-refractivity contribution in [2.75, 3.05) is 16.8 Å². The van der Waals surface area contributed by atoms with E-state index in [1.807, 2.05) is 36.4 Å². The molecule has 3 aliphatic heterocycles. The molecule has 0 saturated carbocycles. The Bertz CT molecular complexity index is 1390. The summed E-state index contributed by atoms with van der Waals surface area (Å²) in [7, 11) is 0. The van der Waals surface area contributed by atoms with E-state index in [2.05, 4.69) is 5.32 Å². The molecule has 0 aliphatic carbocycles. The number of imide groups is 1. The average Bonchev–Trinajstić information content (AvgIpc) is 3.50. The third-order valence-electron chi connectivity index (χ3n) is 6.84. The van der Waals surface area contributed by atoms with Gasteiger partial charge < -0.3 is 15.1 Å². The zero-order valence-corrected chi connectivity index (χ0v) is 17.8. The van der Waals surface area contributed by atoms with Crippen LogP contribution in [0.4, 0.5) is 26.7 Å². The molecule has 3 fully saturated rings. The van der Waals surface area contributed by atoms with Crippen LogP contribution in [0.5, 0.6) is 0 Å². The van der Waals surface area contributed by atoms with Crippen molar-refractivity contribution in [3.8, 4) is 0 Å². The Kier molecular flexibility index (Phi) is 4.31. The molecular formula is C24H19N5O5. The molecule has 3 heterocycles. The van der Waals surface area contributed by atoms with Crippen molar-refractivity contribution in [2.45, 2.75) is 24.5 Å². The van der Waals surface area contributed by atoms with Crippen molar-refractivity contribution < 1.29 is 19.3 Å². The van der Waals surface area contributed by atoms with Crippen molar-refractivity contribution in [3.63, 3.8) is 0 Å². The van der Waals surface area contributed by atoms with Crippen LogP contribution in [0.15, 0.2) is 66.7 Å². The van der Waals surface area contributed by atoms with Crippen LogP contribution in [-0.4, -0.2) is 57.4 Å². The molecule has 0 aromatic heterocycles. The normalized spacial score (nSPS) is 23.1. The highest BCUT2D eigenvalue weighted by Crippen LogP contribution is 2.43. The molecule has 3 aromatic carbocycles. The molecule has 170 valence electrons. The molecule has 3 aromatic rings. The van der Waals surface area contributed by atoms with E-state index in [9.17, 15) is 24.5 Å². The third-order valence-corrected chi connectivity index (χ3v) is 6.84. The Morgan fingerprint density at radius 2 is 1.79 bits per heavy atom. The summed E-state index contributed by atoms with van der Waals surface area (Å²) in [6.45, 7) is 0.296. The molecular weight excluding hydrogens is 438 g/mol. The first-order valence-corrected chi connectivity index (χ1v) is 10.9. The highest BCUT2D eigenvalue weighted by molar-refractivity contribution is 6.25. The zero-order chi connectivity index (χ0) is 23.6. The first-order chi connectivity index (χ1) is 16.4. The van der Waals surface area contributed by atoms with E-state index >= 15 is 0 Å². The van der Waals surface area contributed by atoms with Gasteiger partial charge >= 0.3 is 12.1 Å². The molecule has 0 spiro atoms. The number of nitrogens with one attached hydrogen (secondary N) is 1. The Morgan fingerprint density at radius 1 is 1.03 bits per heavy atom. The van der Waals surface area contributed by atoms with Gasteiger partial charge in [0.15, 0.2) is 0 Å². The van der Waals surface area contributed by atoms with Gasteiger partial charge in [-0.3, -0.25) is 14.9 Å². The molecule has 10 heteroatoms. The number of hydrogen-bond acceptors (Lipinski definition) is 5. The fourth-order valence-corrected chi connectivity index (χ4v) is 5.41. The largest absolute Gasteiger partial charge is 0.332 e. The molecule has 10 nitrogen and oxygen atoms in total. The molecule has 3 saturated heterocycles. The second kappa shape index (κ2) is 7.27. The number of anilines is 2. The number of non-ortho nitro benzene ring substituents is 1. The second-order valence-corrected chi connectivity index (χ2v) is 8.65. The maximum Gasteiger partial charge on any atom is 0.332 e. The van der Waals surface area contributed by atoms with Crippen LogP contribution in [0.3, 0.4) is 0 Å². The van der Waals surface area contributed by atoms with Gasteiger partial charge in [-0.2, -0.15) is 0 Å². The fraction of sp³-hybridized carbons (Fsp3) is 0.208. The third kappa shape index (κ3) is 2.84. The van der Waals surface area contributed by atoms with Crippen LogP contribution in [0.2, 0.25) is 0 Å². The minimum absolute atomic E-state index is 0.130. The summed E-state index contributed by atoms with van der Waals surface area (Å²) >= 11 is 0. The quantitative estimate of drug-likeness (QED) is 0.367. The number of urea groups is 2. The Balaban J connectivity index is 1.27. The smallest absolute Gasteiger partial charge is 0.317 e. The highest BCUT2D eigenvalue weighted by atomic mass is 16.6. The van der Waals surface area contributed by atoms with Gasteiger partial charge in [-0.1, -0.05) is 42.5 Å². The number of likely N-dealkylation sites (tertiary alicyclic amines) is 1. The van der Waals surface area contributed by atoms with E-state index in [4.69, 9.17) is 0 Å². The number of nitro groups is 1. The Morgan fingerprint density at radius 3 is 2.62 bits per heavy atom. The fourth-order valence-electron chi connectivity index (χ4n) is 5.41. The minimum atomic E-state index is -0.749. The van der Waals surface area contributed by atoms with Gasteiger partial charge in [-0.05, 0) is 23.9 Å². The molecule has 1 N–H and O–H groups in total. The van der Waals surface area contributed by atoms with Gasteiger partial charge in [0.05, 0.1) is 22.7 Å². The van der Waals surface area contributed by atoms with Crippen LogP contribution >= 0.6 is 0 Å². The van der Waals surface area contributed by atoms with E-state index in [1.165, 1.54) is 23.1 Å². The van der Waals surface area contributed by atoms with Gasteiger partial charge in [0.2, 0.25) is 0 Å². The molecule has 3 atom stereocenters. The lowest BCUT2D eigenvalue weighted by molar-refractivity contribution is -0.384. The van der Waals surface area contributed by atoms with Crippen molar-refractivity contribution in [1.29, 1.82) is 0 Å². The second-order valence-electron chi connectivity index (χ2n) is 8.65. The van der Waals surface area contributed by atoms with E-state index < -0.39 is 23.0 Å². The predicted molar refractivity (Wildman–Crippen MR) is 123 cm³/mol. The van der Waals surface area contributed by atoms with Crippen molar-refractivity contribution in [1.82, 2.24) is 9.80 Å². The van der Waals surface area contributed by atoms with E-state index in [1.54, 1.807) is 21.9 Å². The molecule has 2 bridgehead atoms. The number of fused-ring (bicyclic) bond motifs is 6. The topological polar surface area (TPSA) is 116 Å². The summed E-state index contributed by atoms with van der Waals surface area (Å²) in [5.74, 6) is -0.346.